The molecule has 28 heavy (non-hydrogen) atoms. The molecule has 0 aromatic heterocycles. The van der Waals surface area contributed by atoms with E-state index in [0.29, 0.717) is 19.4 Å². The number of nitrogens with one attached hydrogen (secondary N) is 1. The number of amides is 1. The molecule has 2 aromatic rings. The molecule has 5 heteroatoms. The zero-order chi connectivity index (χ0) is 20.1. The lowest BCUT2D eigenvalue weighted by atomic mass is 9.78. The smallest absolute Gasteiger partial charge is 0.307 e. The normalized spacial score (nSPS) is 19.1. The van der Waals surface area contributed by atoms with Crippen molar-refractivity contribution in [2.24, 2.45) is 11.8 Å². The fraction of sp³-hybridized carbons (Fsp3) is 0.391. The maximum Gasteiger partial charge on any atom is 0.307 e. The van der Waals surface area contributed by atoms with Gasteiger partial charge in [-0.15, -0.1) is 0 Å². The summed E-state index contributed by atoms with van der Waals surface area (Å²) in [6, 6.07) is 13.6. The third-order valence-corrected chi connectivity index (χ3v) is 5.44. The number of carboxylic acid groups (broad SMARTS) is 1. The zero-order valence-corrected chi connectivity index (χ0v) is 16.4. The SMILES string of the molecule is Cc1cccc(C)c1Oc1ccc(CNC(=O)C2CCCCC2C(=O)O)cc1. The number of carboxylic acids is 1. The van der Waals surface area contributed by atoms with Crippen molar-refractivity contribution in [1.29, 1.82) is 0 Å². The standard InChI is InChI=1S/C23H27NO4/c1-15-6-5-7-16(2)21(15)28-18-12-10-17(11-13-18)14-24-22(25)19-8-3-4-9-20(19)23(26)27/h5-7,10-13,19-20H,3-4,8-9,14H2,1-2H3,(H,24,25)(H,26,27). The summed E-state index contributed by atoms with van der Waals surface area (Å²) in [5.41, 5.74) is 3.11. The van der Waals surface area contributed by atoms with E-state index in [1.165, 1.54) is 0 Å². The van der Waals surface area contributed by atoms with E-state index in [1.54, 1.807) is 0 Å². The van der Waals surface area contributed by atoms with Crippen LogP contribution in [0.4, 0.5) is 0 Å². The molecule has 0 radical (unpaired) electrons. The molecule has 3 rings (SSSR count). The van der Waals surface area contributed by atoms with Gasteiger partial charge in [-0.1, -0.05) is 43.2 Å². The fourth-order valence-electron chi connectivity index (χ4n) is 3.81. The van der Waals surface area contributed by atoms with E-state index in [-0.39, 0.29) is 5.91 Å². The molecule has 1 aliphatic carbocycles. The van der Waals surface area contributed by atoms with Crippen LogP contribution in [0.2, 0.25) is 0 Å². The van der Waals surface area contributed by atoms with Gasteiger partial charge in [0.1, 0.15) is 11.5 Å². The summed E-state index contributed by atoms with van der Waals surface area (Å²) in [6.45, 7) is 4.41. The molecule has 2 N–H and O–H groups in total. The van der Waals surface area contributed by atoms with E-state index < -0.39 is 17.8 Å². The Labute approximate surface area is 165 Å². The van der Waals surface area contributed by atoms with Crippen LogP contribution in [-0.4, -0.2) is 17.0 Å². The first-order valence-corrected chi connectivity index (χ1v) is 9.79. The van der Waals surface area contributed by atoms with Crippen LogP contribution < -0.4 is 10.1 Å². The minimum atomic E-state index is -0.868. The average molecular weight is 381 g/mol. The van der Waals surface area contributed by atoms with E-state index in [9.17, 15) is 14.7 Å². The van der Waals surface area contributed by atoms with Gasteiger partial charge in [-0.3, -0.25) is 9.59 Å². The molecule has 0 bridgehead atoms. The van der Waals surface area contributed by atoms with Gasteiger partial charge in [-0.2, -0.15) is 0 Å². The number of carbonyl (C=O) groups excluding carboxylic acids is 1. The van der Waals surface area contributed by atoms with E-state index in [1.807, 2.05) is 56.3 Å². The fourth-order valence-corrected chi connectivity index (χ4v) is 3.81. The third kappa shape index (κ3) is 4.71. The second kappa shape index (κ2) is 8.91. The molecule has 2 unspecified atom stereocenters. The van der Waals surface area contributed by atoms with Crippen LogP contribution in [0.25, 0.3) is 0 Å². The van der Waals surface area contributed by atoms with Crippen LogP contribution in [0.3, 0.4) is 0 Å². The third-order valence-electron chi connectivity index (χ3n) is 5.44. The van der Waals surface area contributed by atoms with Gasteiger partial charge in [0.05, 0.1) is 11.8 Å². The number of carbonyl (C=O) groups is 2. The van der Waals surface area contributed by atoms with Gasteiger partial charge in [0.15, 0.2) is 0 Å². The lowest BCUT2D eigenvalue weighted by Crippen LogP contribution is -2.39. The number of hydrogen-bond acceptors (Lipinski definition) is 3. The Balaban J connectivity index is 1.58. The summed E-state index contributed by atoms with van der Waals surface area (Å²) in [6.07, 6.45) is 3.01. The average Bonchev–Trinajstić information content (AvgIpc) is 2.70. The zero-order valence-electron chi connectivity index (χ0n) is 16.4. The molecular formula is C23H27NO4. The number of benzene rings is 2. The first kappa shape index (κ1) is 19.9. The maximum atomic E-state index is 12.5. The molecule has 1 aliphatic rings. The first-order valence-electron chi connectivity index (χ1n) is 9.79. The van der Waals surface area contributed by atoms with Gasteiger partial charge < -0.3 is 15.2 Å². The Morgan fingerprint density at radius 1 is 1.00 bits per heavy atom. The topological polar surface area (TPSA) is 75.6 Å². The van der Waals surface area contributed by atoms with Crippen LogP contribution in [0.15, 0.2) is 42.5 Å². The van der Waals surface area contributed by atoms with Gasteiger partial charge in [0, 0.05) is 6.54 Å². The first-order chi connectivity index (χ1) is 13.5. The molecule has 1 saturated carbocycles. The number of aryl methyl sites for hydroxylation is 2. The molecule has 1 fully saturated rings. The molecule has 0 saturated heterocycles. The van der Waals surface area contributed by atoms with Gasteiger partial charge in [-0.05, 0) is 55.5 Å². The van der Waals surface area contributed by atoms with E-state index in [2.05, 4.69) is 5.32 Å². The van der Waals surface area contributed by atoms with Crippen LogP contribution in [-0.2, 0) is 16.1 Å². The van der Waals surface area contributed by atoms with E-state index >= 15 is 0 Å². The minimum Gasteiger partial charge on any atom is -0.481 e. The highest BCUT2D eigenvalue weighted by Gasteiger charge is 2.35. The van der Waals surface area contributed by atoms with Crippen molar-refractivity contribution >= 4 is 11.9 Å². The molecule has 1 amide bonds. The Morgan fingerprint density at radius 3 is 2.21 bits per heavy atom. The van der Waals surface area contributed by atoms with Crippen molar-refractivity contribution in [2.75, 3.05) is 0 Å². The Kier molecular flexibility index (Phi) is 6.34. The highest BCUT2D eigenvalue weighted by atomic mass is 16.5. The largest absolute Gasteiger partial charge is 0.481 e. The number of ether oxygens (including phenoxy) is 1. The number of para-hydroxylation sites is 1. The Bertz CT molecular complexity index is 824. The summed E-state index contributed by atoms with van der Waals surface area (Å²) in [5, 5.41) is 12.2. The Morgan fingerprint density at radius 2 is 1.61 bits per heavy atom. The van der Waals surface area contributed by atoms with Crippen molar-refractivity contribution in [2.45, 2.75) is 46.1 Å². The summed E-state index contributed by atoms with van der Waals surface area (Å²) < 4.78 is 6.00. The highest BCUT2D eigenvalue weighted by Crippen LogP contribution is 2.31. The molecular weight excluding hydrogens is 354 g/mol. The molecule has 0 spiro atoms. The second-order valence-corrected chi connectivity index (χ2v) is 7.52. The van der Waals surface area contributed by atoms with Crippen LogP contribution in [0.5, 0.6) is 11.5 Å². The monoisotopic (exact) mass is 381 g/mol. The quantitative estimate of drug-likeness (QED) is 0.767. The second-order valence-electron chi connectivity index (χ2n) is 7.52. The van der Waals surface area contributed by atoms with Crippen molar-refractivity contribution in [3.05, 3.63) is 59.2 Å². The van der Waals surface area contributed by atoms with Gasteiger partial charge in [0.2, 0.25) is 5.91 Å². The summed E-state index contributed by atoms with van der Waals surface area (Å²) >= 11 is 0. The predicted molar refractivity (Wildman–Crippen MR) is 107 cm³/mol. The Hall–Kier alpha value is -2.82. The van der Waals surface area contributed by atoms with Crippen molar-refractivity contribution in [1.82, 2.24) is 5.32 Å². The van der Waals surface area contributed by atoms with Gasteiger partial charge in [-0.25, -0.2) is 0 Å². The molecule has 5 nitrogen and oxygen atoms in total. The number of aliphatic carboxylic acids is 1. The maximum absolute atomic E-state index is 12.5. The summed E-state index contributed by atoms with van der Waals surface area (Å²) in [5.74, 6) is -0.429. The van der Waals surface area contributed by atoms with E-state index in [4.69, 9.17) is 4.74 Å². The highest BCUT2D eigenvalue weighted by molar-refractivity contribution is 5.84. The van der Waals surface area contributed by atoms with Crippen LogP contribution in [0.1, 0.15) is 42.4 Å². The van der Waals surface area contributed by atoms with Crippen molar-refractivity contribution < 1.29 is 19.4 Å². The molecule has 0 aliphatic heterocycles. The molecule has 2 aromatic carbocycles. The predicted octanol–water partition coefficient (Wildman–Crippen LogP) is 4.60. The minimum absolute atomic E-state index is 0.164. The van der Waals surface area contributed by atoms with Gasteiger partial charge >= 0.3 is 5.97 Å². The lowest BCUT2D eigenvalue weighted by Gasteiger charge is -2.27. The van der Waals surface area contributed by atoms with Crippen molar-refractivity contribution in [3.63, 3.8) is 0 Å². The van der Waals surface area contributed by atoms with E-state index in [0.717, 1.165) is 41.0 Å². The summed E-state index contributed by atoms with van der Waals surface area (Å²) in [4.78, 5) is 23.9. The molecule has 148 valence electrons. The summed E-state index contributed by atoms with van der Waals surface area (Å²) in [7, 11) is 0. The number of rotatable bonds is 6. The van der Waals surface area contributed by atoms with Crippen LogP contribution in [0, 0.1) is 25.7 Å². The molecule has 2 atom stereocenters. The van der Waals surface area contributed by atoms with Gasteiger partial charge in [0.25, 0.3) is 0 Å². The van der Waals surface area contributed by atoms with Crippen molar-refractivity contribution in [3.8, 4) is 11.5 Å². The number of hydrogen-bond donors (Lipinski definition) is 2. The van der Waals surface area contributed by atoms with Crippen LogP contribution >= 0.6 is 0 Å². The molecule has 0 heterocycles. The lowest BCUT2D eigenvalue weighted by molar-refractivity contribution is -0.148.